The molecule has 4 rings (SSSR count). The number of hydrogen-bond acceptors (Lipinski definition) is 6. The number of ether oxygens (including phenoxy) is 1. The third-order valence-electron chi connectivity index (χ3n) is 6.09. The second kappa shape index (κ2) is 10.8. The van der Waals surface area contributed by atoms with E-state index in [1.807, 2.05) is 42.5 Å². The average molecular weight is 453 g/mol. The topological polar surface area (TPSA) is 112 Å². The largest absolute Gasteiger partial charge is 0.419 e. The number of aromatic nitrogens is 1. The summed E-state index contributed by atoms with van der Waals surface area (Å²) in [6.45, 7) is 2.00. The molecule has 0 unspecified atom stereocenters. The van der Waals surface area contributed by atoms with Crippen molar-refractivity contribution in [2.24, 2.45) is 5.73 Å². The minimum Gasteiger partial charge on any atom is -0.408 e. The summed E-state index contributed by atoms with van der Waals surface area (Å²) >= 11 is 0. The fourth-order valence-corrected chi connectivity index (χ4v) is 4.32. The Bertz CT molecular complexity index is 1130. The molecule has 3 aromatic rings. The number of nitrogens with zero attached hydrogens (tertiary/aromatic N) is 1. The maximum atomic E-state index is 12.4. The predicted molar refractivity (Wildman–Crippen MR) is 128 cm³/mol. The normalized spacial score (nSPS) is 17.2. The minimum absolute atomic E-state index is 0.0243. The number of oxazole rings is 1. The van der Waals surface area contributed by atoms with Crippen LogP contribution in [0.15, 0.2) is 51.7 Å². The Morgan fingerprint density at radius 3 is 2.76 bits per heavy atom. The lowest BCUT2D eigenvalue weighted by Gasteiger charge is -2.24. The lowest BCUT2D eigenvalue weighted by Crippen LogP contribution is -2.52. The summed E-state index contributed by atoms with van der Waals surface area (Å²) in [5.41, 5.74) is 10.6. The van der Waals surface area contributed by atoms with Gasteiger partial charge in [0.05, 0.1) is 17.7 Å². The van der Waals surface area contributed by atoms with Crippen LogP contribution in [0.5, 0.6) is 0 Å². The molecular weight excluding hydrogens is 420 g/mol. The van der Waals surface area contributed by atoms with E-state index in [0.29, 0.717) is 25.2 Å². The molecule has 33 heavy (non-hydrogen) atoms. The molecule has 1 amide bonds. The first-order chi connectivity index (χ1) is 16.0. The van der Waals surface area contributed by atoms with Gasteiger partial charge >= 0.3 is 5.76 Å². The number of nitrogens with two attached hydrogens (primary N) is 1. The summed E-state index contributed by atoms with van der Waals surface area (Å²) in [6, 6.07) is 13.7. The predicted octanol–water partition coefficient (Wildman–Crippen LogP) is 2.38. The molecule has 2 aromatic carbocycles. The molecule has 0 saturated carbocycles. The highest BCUT2D eigenvalue weighted by Crippen LogP contribution is 2.25. The molecule has 1 aliphatic heterocycles. The number of hydrogen-bond donors (Lipinski definition) is 3. The van der Waals surface area contributed by atoms with Gasteiger partial charge in [-0.15, -0.1) is 0 Å². The Hall–Kier alpha value is -2.94. The van der Waals surface area contributed by atoms with Crippen molar-refractivity contribution in [1.82, 2.24) is 15.2 Å². The van der Waals surface area contributed by atoms with Crippen LogP contribution in [0, 0.1) is 0 Å². The smallest absolute Gasteiger partial charge is 0.408 e. The van der Waals surface area contributed by atoms with Crippen molar-refractivity contribution in [2.45, 2.75) is 50.9 Å². The van der Waals surface area contributed by atoms with Gasteiger partial charge in [0.2, 0.25) is 5.91 Å². The summed E-state index contributed by atoms with van der Waals surface area (Å²) in [5.74, 6) is -0.378. The highest BCUT2D eigenvalue weighted by atomic mass is 16.5. The van der Waals surface area contributed by atoms with E-state index in [1.54, 1.807) is 11.7 Å². The third kappa shape index (κ3) is 5.71. The molecule has 1 aliphatic rings. The first-order valence-electron chi connectivity index (χ1n) is 11.6. The van der Waals surface area contributed by atoms with Crippen molar-refractivity contribution in [2.75, 3.05) is 20.3 Å². The van der Waals surface area contributed by atoms with Crippen molar-refractivity contribution in [3.05, 3.63) is 58.6 Å². The molecule has 176 valence electrons. The number of benzene rings is 2. The van der Waals surface area contributed by atoms with Crippen LogP contribution in [0.2, 0.25) is 0 Å². The van der Waals surface area contributed by atoms with Crippen molar-refractivity contribution < 1.29 is 13.9 Å². The Morgan fingerprint density at radius 1 is 1.24 bits per heavy atom. The Kier molecular flexibility index (Phi) is 7.59. The molecule has 1 fully saturated rings. The molecular formula is C25H32N4O4. The van der Waals surface area contributed by atoms with Crippen LogP contribution < -0.4 is 22.1 Å². The Labute approximate surface area is 193 Å². The van der Waals surface area contributed by atoms with E-state index in [9.17, 15) is 9.59 Å². The zero-order valence-corrected chi connectivity index (χ0v) is 19.0. The molecule has 2 heterocycles. The molecule has 0 spiro atoms. The van der Waals surface area contributed by atoms with Gasteiger partial charge < -0.3 is 25.5 Å². The molecule has 1 aromatic heterocycles. The van der Waals surface area contributed by atoms with Crippen molar-refractivity contribution in [3.8, 4) is 11.1 Å². The minimum atomic E-state index is -0.434. The lowest BCUT2D eigenvalue weighted by molar-refractivity contribution is -0.124. The van der Waals surface area contributed by atoms with Crippen LogP contribution in [-0.2, 0) is 22.5 Å². The van der Waals surface area contributed by atoms with E-state index in [4.69, 9.17) is 14.9 Å². The number of piperidine rings is 1. The Morgan fingerprint density at radius 2 is 2.03 bits per heavy atom. The third-order valence-corrected chi connectivity index (χ3v) is 6.09. The molecule has 0 aliphatic carbocycles. The fourth-order valence-electron chi connectivity index (χ4n) is 4.32. The van der Waals surface area contributed by atoms with E-state index >= 15 is 0 Å². The van der Waals surface area contributed by atoms with Crippen LogP contribution in [0.3, 0.4) is 0 Å². The maximum absolute atomic E-state index is 12.4. The monoisotopic (exact) mass is 452 g/mol. The van der Waals surface area contributed by atoms with Crippen LogP contribution in [0.1, 0.15) is 31.2 Å². The van der Waals surface area contributed by atoms with E-state index in [2.05, 4.69) is 10.6 Å². The number of amides is 1. The molecule has 4 N–H and O–H groups in total. The fraction of sp³-hybridized carbons (Fsp3) is 0.440. The number of fused-ring (bicyclic) bond motifs is 1. The van der Waals surface area contributed by atoms with Crippen molar-refractivity contribution in [3.63, 3.8) is 0 Å². The lowest BCUT2D eigenvalue weighted by atomic mass is 10.0. The standard InChI is InChI=1S/C25H32N4O4/c1-32-14-4-13-29-21-16-19(10-11-22(21)33-25(29)31)18-8-6-17(7-9-18)15-23(26)28-24(30)20-5-2-3-12-27-20/h6-11,16,20,23,27H,2-5,12-15,26H2,1H3,(H,28,30)/t20-,23-/m0/s1. The molecule has 1 saturated heterocycles. The summed E-state index contributed by atoms with van der Waals surface area (Å²) in [7, 11) is 1.65. The second-order valence-corrected chi connectivity index (χ2v) is 8.57. The highest BCUT2D eigenvalue weighted by molar-refractivity contribution is 5.82. The first-order valence-corrected chi connectivity index (χ1v) is 11.6. The quantitative estimate of drug-likeness (QED) is 0.340. The van der Waals surface area contributed by atoms with Crippen LogP contribution in [0.25, 0.3) is 22.2 Å². The highest BCUT2D eigenvalue weighted by Gasteiger charge is 2.21. The summed E-state index contributed by atoms with van der Waals surface area (Å²) in [5, 5.41) is 6.16. The SMILES string of the molecule is COCCCn1c(=O)oc2ccc(-c3ccc(C[C@@H](N)NC(=O)[C@@H]4CCCCN4)cc3)cc21. The average Bonchev–Trinajstić information content (AvgIpc) is 3.14. The van der Waals surface area contributed by atoms with Gasteiger partial charge in [0.1, 0.15) is 0 Å². The van der Waals surface area contributed by atoms with Gasteiger partial charge in [-0.2, -0.15) is 0 Å². The summed E-state index contributed by atoms with van der Waals surface area (Å²) < 4.78 is 12.1. The number of rotatable bonds is 9. The van der Waals surface area contributed by atoms with Gasteiger partial charge in [-0.25, -0.2) is 4.79 Å². The molecule has 2 atom stereocenters. The van der Waals surface area contributed by atoms with E-state index in [1.165, 1.54) is 0 Å². The van der Waals surface area contributed by atoms with Gasteiger partial charge in [-0.05, 0) is 54.6 Å². The zero-order chi connectivity index (χ0) is 23.2. The number of carbonyl (C=O) groups excluding carboxylic acids is 1. The number of aryl methyl sites for hydroxylation is 1. The van der Waals surface area contributed by atoms with Crippen molar-refractivity contribution >= 4 is 17.0 Å². The Balaban J connectivity index is 1.42. The molecule has 8 nitrogen and oxygen atoms in total. The van der Waals surface area contributed by atoms with Crippen LogP contribution in [-0.4, -0.2) is 42.9 Å². The van der Waals surface area contributed by atoms with E-state index in [-0.39, 0.29) is 17.7 Å². The van der Waals surface area contributed by atoms with Gasteiger partial charge in [-0.1, -0.05) is 36.8 Å². The van der Waals surface area contributed by atoms with E-state index in [0.717, 1.165) is 54.4 Å². The number of methoxy groups -OCH3 is 1. The van der Waals surface area contributed by atoms with Crippen LogP contribution >= 0.6 is 0 Å². The maximum Gasteiger partial charge on any atom is 0.419 e. The first kappa shape index (κ1) is 23.2. The van der Waals surface area contributed by atoms with Gasteiger partial charge in [-0.3, -0.25) is 9.36 Å². The molecule has 0 bridgehead atoms. The summed E-state index contributed by atoms with van der Waals surface area (Å²) in [6.07, 6.45) is 3.89. The van der Waals surface area contributed by atoms with Gasteiger partial charge in [0, 0.05) is 26.7 Å². The molecule has 8 heteroatoms. The summed E-state index contributed by atoms with van der Waals surface area (Å²) in [4.78, 5) is 24.6. The second-order valence-electron chi connectivity index (χ2n) is 8.57. The number of nitrogens with one attached hydrogen (secondary N) is 2. The van der Waals surface area contributed by atoms with Crippen molar-refractivity contribution in [1.29, 1.82) is 0 Å². The molecule has 0 radical (unpaired) electrons. The van der Waals surface area contributed by atoms with Gasteiger partial charge in [0.25, 0.3) is 0 Å². The van der Waals surface area contributed by atoms with E-state index < -0.39 is 6.17 Å². The number of carbonyl (C=O) groups is 1. The van der Waals surface area contributed by atoms with Crippen LogP contribution in [0.4, 0.5) is 0 Å². The van der Waals surface area contributed by atoms with Gasteiger partial charge in [0.15, 0.2) is 5.58 Å². The zero-order valence-electron chi connectivity index (χ0n) is 19.0.